The van der Waals surface area contributed by atoms with Gasteiger partial charge in [-0.3, -0.25) is 0 Å². The second kappa shape index (κ2) is 7.94. The number of ether oxygens (including phenoxy) is 3. The second-order valence-electron chi connectivity index (χ2n) is 7.39. The highest BCUT2D eigenvalue weighted by Gasteiger charge is 2.38. The van der Waals surface area contributed by atoms with Crippen molar-refractivity contribution in [2.24, 2.45) is 11.8 Å². The van der Waals surface area contributed by atoms with Crippen LogP contribution in [-0.4, -0.2) is 21.3 Å². The van der Waals surface area contributed by atoms with Gasteiger partial charge in [0.15, 0.2) is 11.5 Å². The van der Waals surface area contributed by atoms with E-state index in [1.54, 1.807) is 31.8 Å². The maximum atomic E-state index is 5.59. The summed E-state index contributed by atoms with van der Waals surface area (Å²) in [4.78, 5) is 1.65. The van der Waals surface area contributed by atoms with Crippen molar-refractivity contribution in [3.05, 3.63) is 28.2 Å². The molecular weight excluding hydrogens is 332 g/mol. The van der Waals surface area contributed by atoms with Crippen molar-refractivity contribution in [2.75, 3.05) is 21.3 Å². The SMILES string of the molecule is COc1cc(C2SC3=C(CCCC3)C2CC(C)C)cc(OC)c1OC. The Kier molecular flexibility index (Phi) is 5.88. The Hall–Kier alpha value is -1.29. The molecule has 0 spiro atoms. The Morgan fingerprint density at radius 1 is 1.00 bits per heavy atom. The summed E-state index contributed by atoms with van der Waals surface area (Å²) in [6.07, 6.45) is 6.46. The maximum absolute atomic E-state index is 5.59. The van der Waals surface area contributed by atoms with E-state index < -0.39 is 0 Å². The fourth-order valence-electron chi connectivity index (χ4n) is 4.19. The quantitative estimate of drug-likeness (QED) is 0.621. The molecular formula is C21H30O3S. The summed E-state index contributed by atoms with van der Waals surface area (Å²) in [5.74, 6) is 3.51. The average molecular weight is 363 g/mol. The molecule has 0 amide bonds. The lowest BCUT2D eigenvalue weighted by Crippen LogP contribution is -2.13. The molecule has 138 valence electrons. The van der Waals surface area contributed by atoms with Crippen LogP contribution in [0.4, 0.5) is 0 Å². The molecule has 0 aromatic heterocycles. The standard InChI is InChI=1S/C21H30O3S/c1-13(2)10-16-15-8-6-7-9-19(15)25-21(16)14-11-17(22-3)20(24-5)18(12-14)23-4/h11-13,16,21H,6-10H2,1-5H3. The lowest BCUT2D eigenvalue weighted by Gasteiger charge is -2.26. The van der Waals surface area contributed by atoms with Gasteiger partial charge >= 0.3 is 0 Å². The van der Waals surface area contributed by atoms with Crippen molar-refractivity contribution in [2.45, 2.75) is 51.2 Å². The number of benzene rings is 1. The van der Waals surface area contributed by atoms with Crippen LogP contribution in [0, 0.1) is 11.8 Å². The van der Waals surface area contributed by atoms with Crippen molar-refractivity contribution in [1.82, 2.24) is 0 Å². The lowest BCUT2D eigenvalue weighted by atomic mass is 9.80. The molecule has 3 rings (SSSR count). The first-order valence-electron chi connectivity index (χ1n) is 9.27. The Balaban J connectivity index is 1.99. The first-order valence-corrected chi connectivity index (χ1v) is 10.2. The van der Waals surface area contributed by atoms with E-state index in [0.717, 1.165) is 11.5 Å². The molecule has 2 aliphatic rings. The lowest BCUT2D eigenvalue weighted by molar-refractivity contribution is 0.323. The average Bonchev–Trinajstić information content (AvgIpc) is 2.98. The first-order chi connectivity index (χ1) is 12.1. The van der Waals surface area contributed by atoms with Crippen LogP contribution < -0.4 is 14.2 Å². The number of allylic oxidation sites excluding steroid dienone is 2. The molecule has 1 aromatic carbocycles. The van der Waals surface area contributed by atoms with E-state index >= 15 is 0 Å². The molecule has 3 nitrogen and oxygen atoms in total. The largest absolute Gasteiger partial charge is 0.493 e. The zero-order valence-corrected chi connectivity index (χ0v) is 16.9. The molecule has 2 atom stereocenters. The molecule has 0 fully saturated rings. The molecule has 2 unspecified atom stereocenters. The summed E-state index contributed by atoms with van der Waals surface area (Å²) in [5.41, 5.74) is 3.02. The van der Waals surface area contributed by atoms with Crippen LogP contribution in [0.5, 0.6) is 17.2 Å². The monoisotopic (exact) mass is 362 g/mol. The first kappa shape index (κ1) is 18.5. The van der Waals surface area contributed by atoms with E-state index in [0.29, 0.717) is 22.8 Å². The van der Waals surface area contributed by atoms with Crippen molar-refractivity contribution >= 4 is 11.8 Å². The molecule has 1 aromatic rings. The Morgan fingerprint density at radius 3 is 2.20 bits per heavy atom. The minimum Gasteiger partial charge on any atom is -0.493 e. The fraction of sp³-hybridized carbons (Fsp3) is 0.619. The van der Waals surface area contributed by atoms with E-state index in [2.05, 4.69) is 37.7 Å². The third-order valence-electron chi connectivity index (χ3n) is 5.28. The number of hydrogen-bond donors (Lipinski definition) is 0. The second-order valence-corrected chi connectivity index (χ2v) is 8.63. The molecule has 25 heavy (non-hydrogen) atoms. The molecule has 4 heteroatoms. The van der Waals surface area contributed by atoms with Gasteiger partial charge in [0.05, 0.1) is 21.3 Å². The minimum absolute atomic E-state index is 0.458. The molecule has 0 saturated heterocycles. The van der Waals surface area contributed by atoms with Gasteiger partial charge in [-0.2, -0.15) is 0 Å². The molecule has 0 saturated carbocycles. The van der Waals surface area contributed by atoms with Crippen molar-refractivity contribution in [1.29, 1.82) is 0 Å². The van der Waals surface area contributed by atoms with Crippen LogP contribution in [0.15, 0.2) is 22.6 Å². The van der Waals surface area contributed by atoms with E-state index in [1.165, 1.54) is 37.7 Å². The van der Waals surface area contributed by atoms with E-state index in [1.807, 2.05) is 0 Å². The highest BCUT2D eigenvalue weighted by molar-refractivity contribution is 8.03. The highest BCUT2D eigenvalue weighted by Crippen LogP contribution is 2.58. The Morgan fingerprint density at radius 2 is 1.64 bits per heavy atom. The van der Waals surface area contributed by atoms with Crippen LogP contribution in [-0.2, 0) is 0 Å². The van der Waals surface area contributed by atoms with Gasteiger partial charge < -0.3 is 14.2 Å². The molecule has 0 radical (unpaired) electrons. The van der Waals surface area contributed by atoms with Gasteiger partial charge in [-0.15, -0.1) is 11.8 Å². The predicted molar refractivity (Wildman–Crippen MR) is 105 cm³/mol. The summed E-state index contributed by atoms with van der Waals surface area (Å²) in [6.45, 7) is 4.66. The fourth-order valence-corrected chi connectivity index (χ4v) is 5.87. The van der Waals surface area contributed by atoms with Crippen molar-refractivity contribution < 1.29 is 14.2 Å². The van der Waals surface area contributed by atoms with Crippen molar-refractivity contribution in [3.8, 4) is 17.2 Å². The van der Waals surface area contributed by atoms with Crippen LogP contribution >= 0.6 is 11.8 Å². The van der Waals surface area contributed by atoms with Gasteiger partial charge in [-0.25, -0.2) is 0 Å². The topological polar surface area (TPSA) is 27.7 Å². The molecule has 0 bridgehead atoms. The van der Waals surface area contributed by atoms with Crippen LogP contribution in [0.25, 0.3) is 0 Å². The highest BCUT2D eigenvalue weighted by atomic mass is 32.2. The van der Waals surface area contributed by atoms with Gasteiger partial charge in [0, 0.05) is 5.25 Å². The van der Waals surface area contributed by atoms with Crippen LogP contribution in [0.2, 0.25) is 0 Å². The molecule has 1 aliphatic heterocycles. The number of thioether (sulfide) groups is 1. The predicted octanol–water partition coefficient (Wildman–Crippen LogP) is 5.99. The van der Waals surface area contributed by atoms with Gasteiger partial charge in [0.1, 0.15) is 0 Å². The summed E-state index contributed by atoms with van der Waals surface area (Å²) >= 11 is 2.08. The summed E-state index contributed by atoms with van der Waals surface area (Å²) in [6, 6.07) is 4.29. The maximum Gasteiger partial charge on any atom is 0.203 e. The normalized spacial score (nSPS) is 23.0. The Labute approximate surface area is 156 Å². The number of methoxy groups -OCH3 is 3. The minimum atomic E-state index is 0.458. The molecule has 0 N–H and O–H groups in total. The summed E-state index contributed by atoms with van der Waals surface area (Å²) in [5, 5.41) is 0.458. The van der Waals surface area contributed by atoms with E-state index in [4.69, 9.17) is 14.2 Å². The third kappa shape index (κ3) is 3.64. The van der Waals surface area contributed by atoms with Crippen LogP contribution in [0.3, 0.4) is 0 Å². The number of rotatable bonds is 6. The number of hydrogen-bond acceptors (Lipinski definition) is 4. The van der Waals surface area contributed by atoms with Gasteiger partial charge in [0.25, 0.3) is 0 Å². The zero-order chi connectivity index (χ0) is 18.0. The smallest absolute Gasteiger partial charge is 0.203 e. The Bertz CT molecular complexity index is 626. The third-order valence-corrected chi connectivity index (χ3v) is 6.89. The molecule has 1 heterocycles. The van der Waals surface area contributed by atoms with Gasteiger partial charge in [-0.05, 0) is 66.5 Å². The zero-order valence-electron chi connectivity index (χ0n) is 16.1. The van der Waals surface area contributed by atoms with E-state index in [9.17, 15) is 0 Å². The van der Waals surface area contributed by atoms with E-state index in [-0.39, 0.29) is 0 Å². The van der Waals surface area contributed by atoms with Crippen molar-refractivity contribution in [3.63, 3.8) is 0 Å². The van der Waals surface area contributed by atoms with Gasteiger partial charge in [-0.1, -0.05) is 19.4 Å². The van der Waals surface area contributed by atoms with Crippen LogP contribution in [0.1, 0.15) is 56.8 Å². The van der Waals surface area contributed by atoms with Gasteiger partial charge in [0.2, 0.25) is 5.75 Å². The molecule has 1 aliphatic carbocycles. The summed E-state index contributed by atoms with van der Waals surface area (Å²) < 4.78 is 16.7. The summed E-state index contributed by atoms with van der Waals surface area (Å²) in [7, 11) is 5.04.